The molecule has 156 valence electrons. The van der Waals surface area contributed by atoms with E-state index in [0.717, 1.165) is 16.9 Å². The predicted molar refractivity (Wildman–Crippen MR) is 119 cm³/mol. The minimum atomic E-state index is -0.542. The Labute approximate surface area is 180 Å². The van der Waals surface area contributed by atoms with E-state index >= 15 is 0 Å². The van der Waals surface area contributed by atoms with Gasteiger partial charge in [0.15, 0.2) is 12.4 Å². The number of nitrogens with zero attached hydrogens (tertiary/aromatic N) is 3. The van der Waals surface area contributed by atoms with Gasteiger partial charge in [0, 0.05) is 0 Å². The molecule has 0 unspecified atom stereocenters. The van der Waals surface area contributed by atoms with Crippen molar-refractivity contribution in [3.05, 3.63) is 80.4 Å². The summed E-state index contributed by atoms with van der Waals surface area (Å²) < 4.78 is 12.2. The summed E-state index contributed by atoms with van der Waals surface area (Å²) >= 11 is 1.26. The van der Waals surface area contributed by atoms with E-state index in [2.05, 4.69) is 10.1 Å². The van der Waals surface area contributed by atoms with Crippen LogP contribution in [0.2, 0.25) is 0 Å². The molecule has 0 saturated carbocycles. The van der Waals surface area contributed by atoms with Crippen molar-refractivity contribution >= 4 is 40.4 Å². The second-order valence-corrected chi connectivity index (χ2v) is 7.52. The van der Waals surface area contributed by atoms with Gasteiger partial charge in [-0.05, 0) is 47.5 Å². The molecule has 0 spiro atoms. The average molecular weight is 434 g/mol. The normalized spacial score (nSPS) is 12.0. The average Bonchev–Trinajstić information content (AvgIpc) is 3.31. The van der Waals surface area contributed by atoms with Gasteiger partial charge in [-0.2, -0.15) is 9.50 Å². The first kappa shape index (κ1) is 20.3. The maximum Gasteiger partial charge on any atom is 0.291 e. The SMILES string of the molecule is COc1ccc(C=Cc2nc3sc(=Cc4ccc(OCC(N)=O)cc4)c(=O)n3n2)cc1. The van der Waals surface area contributed by atoms with E-state index in [1.54, 1.807) is 43.5 Å². The van der Waals surface area contributed by atoms with Crippen LogP contribution in [0.5, 0.6) is 11.5 Å². The van der Waals surface area contributed by atoms with Crippen LogP contribution in [-0.2, 0) is 4.79 Å². The summed E-state index contributed by atoms with van der Waals surface area (Å²) in [4.78, 5) is 28.4. The molecule has 0 aliphatic carbocycles. The lowest BCUT2D eigenvalue weighted by atomic mass is 10.2. The van der Waals surface area contributed by atoms with Crippen molar-refractivity contribution in [1.29, 1.82) is 0 Å². The van der Waals surface area contributed by atoms with Gasteiger partial charge in [-0.25, -0.2) is 0 Å². The van der Waals surface area contributed by atoms with Crippen molar-refractivity contribution in [3.63, 3.8) is 0 Å². The second-order valence-electron chi connectivity index (χ2n) is 6.51. The highest BCUT2D eigenvalue weighted by atomic mass is 32.1. The van der Waals surface area contributed by atoms with E-state index in [1.165, 1.54) is 15.9 Å². The fourth-order valence-corrected chi connectivity index (χ4v) is 3.69. The number of ether oxygens (including phenoxy) is 2. The number of benzene rings is 2. The molecule has 9 heteroatoms. The van der Waals surface area contributed by atoms with Gasteiger partial charge in [0.05, 0.1) is 11.6 Å². The number of aromatic nitrogens is 3. The monoisotopic (exact) mass is 434 g/mol. The molecule has 0 aliphatic heterocycles. The van der Waals surface area contributed by atoms with Crippen LogP contribution in [0.3, 0.4) is 0 Å². The molecule has 0 bridgehead atoms. The summed E-state index contributed by atoms with van der Waals surface area (Å²) in [6, 6.07) is 14.6. The molecular weight excluding hydrogens is 416 g/mol. The van der Waals surface area contributed by atoms with Gasteiger partial charge < -0.3 is 15.2 Å². The maximum atomic E-state index is 12.7. The Kier molecular flexibility index (Phi) is 5.76. The van der Waals surface area contributed by atoms with Gasteiger partial charge in [0.2, 0.25) is 4.96 Å². The molecule has 4 aromatic rings. The minimum Gasteiger partial charge on any atom is -0.497 e. The zero-order valence-corrected chi connectivity index (χ0v) is 17.3. The molecule has 0 fully saturated rings. The molecular formula is C22H18N4O4S. The Balaban J connectivity index is 1.53. The van der Waals surface area contributed by atoms with Gasteiger partial charge in [0.1, 0.15) is 11.5 Å². The van der Waals surface area contributed by atoms with Gasteiger partial charge in [0.25, 0.3) is 11.5 Å². The third-order valence-electron chi connectivity index (χ3n) is 4.30. The summed E-state index contributed by atoms with van der Waals surface area (Å²) in [7, 11) is 1.62. The summed E-state index contributed by atoms with van der Waals surface area (Å²) in [5.41, 5.74) is 6.61. The van der Waals surface area contributed by atoms with Crippen LogP contribution < -0.4 is 25.3 Å². The number of thiazole rings is 1. The van der Waals surface area contributed by atoms with E-state index in [4.69, 9.17) is 15.2 Å². The van der Waals surface area contributed by atoms with E-state index in [1.807, 2.05) is 30.3 Å². The third kappa shape index (κ3) is 4.78. The van der Waals surface area contributed by atoms with Gasteiger partial charge in [-0.1, -0.05) is 41.7 Å². The van der Waals surface area contributed by atoms with Gasteiger partial charge in [-0.15, -0.1) is 5.10 Å². The first-order valence-corrected chi connectivity index (χ1v) is 10.1. The molecule has 0 saturated heterocycles. The van der Waals surface area contributed by atoms with Crippen molar-refractivity contribution in [1.82, 2.24) is 14.6 Å². The van der Waals surface area contributed by atoms with Gasteiger partial charge >= 0.3 is 0 Å². The Hall–Kier alpha value is -3.98. The summed E-state index contributed by atoms with van der Waals surface area (Å²) in [5, 5.41) is 4.29. The topological polar surface area (TPSA) is 109 Å². The Bertz CT molecular complexity index is 1360. The number of amides is 1. The highest BCUT2D eigenvalue weighted by Crippen LogP contribution is 2.14. The number of primary amides is 1. The number of nitrogens with two attached hydrogens (primary N) is 1. The maximum absolute atomic E-state index is 12.7. The Morgan fingerprint density at radius 3 is 2.39 bits per heavy atom. The smallest absolute Gasteiger partial charge is 0.291 e. The van der Waals surface area contributed by atoms with Crippen LogP contribution in [0, 0.1) is 0 Å². The van der Waals surface area contributed by atoms with Crippen LogP contribution in [0.25, 0.3) is 23.2 Å². The molecule has 2 heterocycles. The lowest BCUT2D eigenvalue weighted by Gasteiger charge is -2.03. The minimum absolute atomic E-state index is 0.184. The zero-order chi connectivity index (χ0) is 21.8. The number of carbonyl (C=O) groups excluding carboxylic acids is 1. The Morgan fingerprint density at radius 1 is 1.06 bits per heavy atom. The molecule has 2 aromatic heterocycles. The summed E-state index contributed by atoms with van der Waals surface area (Å²) in [6.07, 6.45) is 5.39. The molecule has 0 radical (unpaired) electrons. The highest BCUT2D eigenvalue weighted by Gasteiger charge is 2.09. The second kappa shape index (κ2) is 8.80. The summed E-state index contributed by atoms with van der Waals surface area (Å²) in [5.74, 6) is 1.22. The molecule has 8 nitrogen and oxygen atoms in total. The lowest BCUT2D eigenvalue weighted by Crippen LogP contribution is -2.23. The van der Waals surface area contributed by atoms with E-state index < -0.39 is 5.91 Å². The van der Waals surface area contributed by atoms with E-state index in [9.17, 15) is 9.59 Å². The molecule has 0 atom stereocenters. The fourth-order valence-electron chi connectivity index (χ4n) is 2.77. The van der Waals surface area contributed by atoms with Crippen LogP contribution in [0.1, 0.15) is 17.0 Å². The molecule has 2 aromatic carbocycles. The number of hydrogen-bond acceptors (Lipinski definition) is 7. The van der Waals surface area contributed by atoms with Crippen molar-refractivity contribution in [2.75, 3.05) is 13.7 Å². The number of methoxy groups -OCH3 is 1. The van der Waals surface area contributed by atoms with Crippen LogP contribution in [0.15, 0.2) is 53.3 Å². The standard InChI is InChI=1S/C22H18N4O4S/c1-29-16-7-2-14(3-8-16)6-11-20-24-22-26(25-20)21(28)18(31-22)12-15-4-9-17(10-5-15)30-13-19(23)27/h2-12H,13H2,1H3,(H2,23,27). The van der Waals surface area contributed by atoms with Crippen LogP contribution >= 0.6 is 11.3 Å². The highest BCUT2D eigenvalue weighted by molar-refractivity contribution is 7.15. The van der Waals surface area contributed by atoms with E-state index in [-0.39, 0.29) is 12.2 Å². The van der Waals surface area contributed by atoms with Gasteiger partial charge in [-0.3, -0.25) is 9.59 Å². The molecule has 0 aliphatic rings. The number of carbonyl (C=O) groups is 1. The van der Waals surface area contributed by atoms with Crippen molar-refractivity contribution in [2.45, 2.75) is 0 Å². The lowest BCUT2D eigenvalue weighted by molar-refractivity contribution is -0.119. The van der Waals surface area contributed by atoms with Crippen molar-refractivity contribution in [2.24, 2.45) is 5.73 Å². The quantitative estimate of drug-likeness (QED) is 0.475. The number of hydrogen-bond donors (Lipinski definition) is 1. The third-order valence-corrected chi connectivity index (χ3v) is 5.26. The van der Waals surface area contributed by atoms with Crippen molar-refractivity contribution < 1.29 is 14.3 Å². The number of rotatable bonds is 7. The van der Waals surface area contributed by atoms with E-state index in [0.29, 0.717) is 21.1 Å². The molecule has 2 N–H and O–H groups in total. The molecule has 4 rings (SSSR count). The van der Waals surface area contributed by atoms with Crippen LogP contribution in [-0.4, -0.2) is 34.2 Å². The fraction of sp³-hybridized carbons (Fsp3) is 0.0909. The first-order chi connectivity index (χ1) is 15.0. The number of fused-ring (bicyclic) bond motifs is 1. The largest absolute Gasteiger partial charge is 0.497 e. The molecule has 31 heavy (non-hydrogen) atoms. The van der Waals surface area contributed by atoms with Crippen LogP contribution in [0.4, 0.5) is 0 Å². The first-order valence-electron chi connectivity index (χ1n) is 9.26. The molecule has 1 amide bonds. The zero-order valence-electron chi connectivity index (χ0n) is 16.5. The Morgan fingerprint density at radius 2 is 1.74 bits per heavy atom. The van der Waals surface area contributed by atoms with Crippen molar-refractivity contribution in [3.8, 4) is 11.5 Å². The predicted octanol–water partition coefficient (Wildman–Crippen LogP) is 1.74. The summed E-state index contributed by atoms with van der Waals surface area (Å²) in [6.45, 7) is -0.184.